The zero-order chi connectivity index (χ0) is 28.6. The first kappa shape index (κ1) is 28.7. The summed E-state index contributed by atoms with van der Waals surface area (Å²) in [4.78, 5) is 31.5. The number of rotatable bonds is 9. The van der Waals surface area contributed by atoms with Crippen molar-refractivity contribution in [1.29, 1.82) is 0 Å². The Bertz CT molecular complexity index is 1280. The van der Waals surface area contributed by atoms with Crippen LogP contribution in [0.2, 0.25) is 0 Å². The van der Waals surface area contributed by atoms with E-state index in [-0.39, 0.29) is 18.0 Å². The van der Waals surface area contributed by atoms with Gasteiger partial charge in [0.05, 0.1) is 19.3 Å². The molecule has 0 unspecified atom stereocenters. The summed E-state index contributed by atoms with van der Waals surface area (Å²) >= 11 is 0. The molecule has 2 aromatic carbocycles. The lowest BCUT2D eigenvalue weighted by Gasteiger charge is -2.34. The van der Waals surface area contributed by atoms with Gasteiger partial charge in [0.1, 0.15) is 18.2 Å². The molecule has 2 saturated heterocycles. The van der Waals surface area contributed by atoms with Crippen LogP contribution < -0.4 is 20.3 Å². The summed E-state index contributed by atoms with van der Waals surface area (Å²) in [5.74, 6) is 3.12. The van der Waals surface area contributed by atoms with E-state index in [4.69, 9.17) is 29.2 Å². The average molecular weight is 562 g/mol. The molecule has 3 heterocycles. The number of nitrogens with one attached hydrogen (secondary N) is 2. The highest BCUT2D eigenvalue weighted by atomic mass is 16.5. The fraction of sp³-hybridized carbons (Fsp3) is 0.467. The normalized spacial score (nSPS) is 17.9. The van der Waals surface area contributed by atoms with Gasteiger partial charge in [-0.05, 0) is 82.4 Å². The van der Waals surface area contributed by atoms with E-state index < -0.39 is 0 Å². The Kier molecular flexibility index (Phi) is 9.60. The van der Waals surface area contributed by atoms with Gasteiger partial charge in [-0.15, -0.1) is 0 Å². The number of anilines is 3. The van der Waals surface area contributed by atoms with Crippen LogP contribution in [0, 0.1) is 0 Å². The molecule has 0 aliphatic carbocycles. The summed E-state index contributed by atoms with van der Waals surface area (Å²) < 4.78 is 16.9. The molecule has 218 valence electrons. The molecule has 0 spiro atoms. The monoisotopic (exact) mass is 561 g/mol. The summed E-state index contributed by atoms with van der Waals surface area (Å²) in [6, 6.07) is 14.7. The van der Waals surface area contributed by atoms with E-state index in [2.05, 4.69) is 27.4 Å². The number of aromatic nitrogens is 3. The van der Waals surface area contributed by atoms with Gasteiger partial charge in [0.2, 0.25) is 5.95 Å². The second-order valence-corrected chi connectivity index (χ2v) is 10.7. The summed E-state index contributed by atoms with van der Waals surface area (Å²) in [6.45, 7) is 7.02. The number of ether oxygens (including phenoxy) is 3. The summed E-state index contributed by atoms with van der Waals surface area (Å²) in [6.07, 6.45) is 1.79. The number of benzene rings is 2. The molecular weight excluding hydrogens is 522 g/mol. The Hall–Kier alpha value is -3.80. The van der Waals surface area contributed by atoms with Crippen LogP contribution in [0.15, 0.2) is 48.5 Å². The summed E-state index contributed by atoms with van der Waals surface area (Å²) in [5.41, 5.74) is 2.20. The molecule has 2 N–H and O–H groups in total. The molecule has 1 atom stereocenters. The second-order valence-electron chi connectivity index (χ2n) is 10.7. The molecule has 2 aliphatic heterocycles. The molecule has 0 bridgehead atoms. The quantitative estimate of drug-likeness (QED) is 0.396. The van der Waals surface area contributed by atoms with Crippen LogP contribution in [-0.4, -0.2) is 92.1 Å². The molecule has 2 fully saturated rings. The number of urea groups is 1. The number of nitrogens with zero attached hydrogens (tertiary/aromatic N) is 5. The number of likely N-dealkylation sites (N-methyl/N-ethyl adjacent to an activating group) is 1. The number of morpholine rings is 1. The van der Waals surface area contributed by atoms with Gasteiger partial charge in [-0.2, -0.15) is 9.97 Å². The largest absolute Gasteiger partial charge is 0.492 e. The predicted molar refractivity (Wildman–Crippen MR) is 159 cm³/mol. The molecule has 0 saturated carbocycles. The van der Waals surface area contributed by atoms with Gasteiger partial charge >= 0.3 is 6.03 Å². The minimum absolute atomic E-state index is 0.179. The van der Waals surface area contributed by atoms with Crippen molar-refractivity contribution in [2.75, 3.05) is 75.8 Å². The minimum Gasteiger partial charge on any atom is -0.492 e. The third-order valence-corrected chi connectivity index (χ3v) is 7.17. The van der Waals surface area contributed by atoms with Gasteiger partial charge in [-0.1, -0.05) is 0 Å². The Morgan fingerprint density at radius 1 is 0.951 bits per heavy atom. The third-order valence-electron chi connectivity index (χ3n) is 7.17. The van der Waals surface area contributed by atoms with Crippen molar-refractivity contribution in [1.82, 2.24) is 19.9 Å². The lowest BCUT2D eigenvalue weighted by Crippen LogP contribution is -2.44. The van der Waals surface area contributed by atoms with Crippen LogP contribution in [0.5, 0.6) is 5.75 Å². The number of amides is 2. The molecule has 5 rings (SSSR count). The fourth-order valence-electron chi connectivity index (χ4n) is 4.78. The average Bonchev–Trinajstić information content (AvgIpc) is 2.99. The van der Waals surface area contributed by atoms with Gasteiger partial charge in [0.15, 0.2) is 5.82 Å². The van der Waals surface area contributed by atoms with Crippen LogP contribution in [0.1, 0.15) is 31.5 Å². The molecule has 3 aromatic rings. The van der Waals surface area contributed by atoms with E-state index in [1.165, 1.54) is 0 Å². The van der Waals surface area contributed by atoms with Crippen molar-refractivity contribution < 1.29 is 19.0 Å². The molecule has 2 aliphatic rings. The molecule has 11 nitrogen and oxygen atoms in total. The zero-order valence-electron chi connectivity index (χ0n) is 24.0. The summed E-state index contributed by atoms with van der Waals surface area (Å²) in [5, 5.41) is 5.74. The van der Waals surface area contributed by atoms with Crippen LogP contribution >= 0.6 is 0 Å². The smallest absolute Gasteiger partial charge is 0.323 e. The Morgan fingerprint density at radius 2 is 1.63 bits per heavy atom. The maximum atomic E-state index is 12.6. The first-order chi connectivity index (χ1) is 19.9. The topological polar surface area (TPSA) is 114 Å². The number of hydrogen-bond acceptors (Lipinski definition) is 9. The van der Waals surface area contributed by atoms with Crippen LogP contribution in [-0.2, 0) is 9.47 Å². The van der Waals surface area contributed by atoms with Crippen LogP contribution in [0.25, 0.3) is 11.4 Å². The van der Waals surface area contributed by atoms with E-state index in [1.54, 1.807) is 0 Å². The lowest BCUT2D eigenvalue weighted by atomic mass is 9.99. The maximum Gasteiger partial charge on any atom is 0.323 e. The van der Waals surface area contributed by atoms with Gasteiger partial charge in [-0.3, -0.25) is 0 Å². The molecule has 41 heavy (non-hydrogen) atoms. The SMILES string of the molecule is C[C@@H]1COCCN1c1nc(-c2ccc(NC(=O)Nc3ccc(OCCN(C)C)cc3)cc2)nc(C2CCOCC2)n1. The van der Waals surface area contributed by atoms with E-state index in [0.29, 0.717) is 56.2 Å². The minimum atomic E-state index is -0.329. The van der Waals surface area contributed by atoms with Gasteiger partial charge < -0.3 is 34.6 Å². The van der Waals surface area contributed by atoms with Crippen molar-refractivity contribution in [3.05, 3.63) is 54.4 Å². The maximum absolute atomic E-state index is 12.6. The Labute approximate surface area is 241 Å². The van der Waals surface area contributed by atoms with E-state index in [1.807, 2.05) is 62.6 Å². The highest BCUT2D eigenvalue weighted by molar-refractivity contribution is 5.99. The van der Waals surface area contributed by atoms with Gasteiger partial charge in [0, 0.05) is 49.2 Å². The molecule has 0 radical (unpaired) electrons. The number of carbonyl (C=O) groups excluding carboxylic acids is 1. The molecular formula is C30H39N7O4. The van der Waals surface area contributed by atoms with Crippen molar-refractivity contribution in [3.8, 4) is 17.1 Å². The third kappa shape index (κ3) is 7.90. The lowest BCUT2D eigenvalue weighted by molar-refractivity contribution is 0.0834. The Balaban J connectivity index is 1.25. The van der Waals surface area contributed by atoms with E-state index in [9.17, 15) is 4.79 Å². The molecule has 1 aromatic heterocycles. The summed E-state index contributed by atoms with van der Waals surface area (Å²) in [7, 11) is 4.00. The standard InChI is InChI=1S/C30H39N7O4/c1-21-20-40-18-15-37(21)29-34-27(33-28(35-29)23-12-16-39-17-13-23)22-4-6-24(7-5-22)31-30(38)32-25-8-10-26(11-9-25)41-19-14-36(2)3/h4-11,21,23H,12-20H2,1-3H3,(H2,31,32,38)/t21-/m1/s1. The van der Waals surface area contributed by atoms with Crippen LogP contribution in [0.3, 0.4) is 0 Å². The fourth-order valence-corrected chi connectivity index (χ4v) is 4.78. The van der Waals surface area contributed by atoms with Crippen LogP contribution in [0.4, 0.5) is 22.1 Å². The number of carbonyl (C=O) groups is 1. The van der Waals surface area contributed by atoms with E-state index in [0.717, 1.165) is 43.1 Å². The van der Waals surface area contributed by atoms with Crippen molar-refractivity contribution in [2.45, 2.75) is 31.7 Å². The van der Waals surface area contributed by atoms with Crippen molar-refractivity contribution >= 4 is 23.4 Å². The van der Waals surface area contributed by atoms with E-state index >= 15 is 0 Å². The first-order valence-electron chi connectivity index (χ1n) is 14.2. The number of hydrogen-bond donors (Lipinski definition) is 2. The Morgan fingerprint density at radius 3 is 2.29 bits per heavy atom. The highest BCUT2D eigenvalue weighted by Crippen LogP contribution is 2.29. The zero-order valence-corrected chi connectivity index (χ0v) is 24.0. The molecule has 11 heteroatoms. The van der Waals surface area contributed by atoms with Gasteiger partial charge in [-0.25, -0.2) is 9.78 Å². The first-order valence-corrected chi connectivity index (χ1v) is 14.2. The predicted octanol–water partition coefficient (Wildman–Crippen LogP) is 4.24. The van der Waals surface area contributed by atoms with Crippen molar-refractivity contribution in [2.24, 2.45) is 0 Å². The second kappa shape index (κ2) is 13.7. The highest BCUT2D eigenvalue weighted by Gasteiger charge is 2.26. The van der Waals surface area contributed by atoms with Gasteiger partial charge in [0.25, 0.3) is 0 Å². The van der Waals surface area contributed by atoms with Crippen molar-refractivity contribution in [3.63, 3.8) is 0 Å². The molecule has 2 amide bonds.